The van der Waals surface area contributed by atoms with Crippen LogP contribution in [-0.2, 0) is 14.4 Å². The third-order valence-electron chi connectivity index (χ3n) is 5.63. The van der Waals surface area contributed by atoms with Crippen molar-refractivity contribution in [2.24, 2.45) is 5.73 Å². The van der Waals surface area contributed by atoms with Crippen LogP contribution in [0.2, 0.25) is 0 Å². The molecule has 0 aliphatic carbocycles. The van der Waals surface area contributed by atoms with Crippen molar-refractivity contribution in [3.05, 3.63) is 24.3 Å². The highest BCUT2D eigenvalue weighted by molar-refractivity contribution is 6.44. The van der Waals surface area contributed by atoms with E-state index in [1.54, 1.807) is 0 Å². The second kappa shape index (κ2) is 16.6. The number of amides is 3. The third kappa shape index (κ3) is 10.7. The number of nitrogens with two attached hydrogens (primary N) is 1. The van der Waals surface area contributed by atoms with Gasteiger partial charge in [-0.05, 0) is 32.1 Å². The van der Waals surface area contributed by atoms with Gasteiger partial charge in [0.25, 0.3) is 0 Å². The van der Waals surface area contributed by atoms with E-state index in [0.717, 1.165) is 50.7 Å². The number of carbonyl (C=O) groups is 3. The fraction of sp³-hybridized carbons (Fsp3) is 0.577. The molecule has 0 aliphatic rings. The molecule has 0 fully saturated rings. The van der Waals surface area contributed by atoms with E-state index in [1.165, 1.54) is 38.5 Å². The Morgan fingerprint density at radius 2 is 1.26 bits per heavy atom. The van der Waals surface area contributed by atoms with Crippen molar-refractivity contribution in [1.29, 1.82) is 0 Å². The van der Waals surface area contributed by atoms with Gasteiger partial charge in [-0.2, -0.15) is 0 Å². The number of anilines is 1. The number of unbranched alkanes of at least 4 members (excludes halogenated alkanes) is 11. The predicted octanol–water partition coefficient (Wildman–Crippen LogP) is 5.19. The topological polar surface area (TPSA) is 141 Å². The summed E-state index contributed by atoms with van der Waals surface area (Å²) in [5.74, 6) is -5.55. The summed E-state index contributed by atoms with van der Waals surface area (Å²) in [5, 5.41) is 28.8. The van der Waals surface area contributed by atoms with Crippen molar-refractivity contribution in [3.8, 4) is 17.2 Å². The summed E-state index contributed by atoms with van der Waals surface area (Å²) in [6.45, 7) is 2.23. The zero-order chi connectivity index (χ0) is 25.3. The number of allylic oxidation sites excluding steroid dienone is 2. The lowest BCUT2D eigenvalue weighted by Crippen LogP contribution is -2.44. The summed E-state index contributed by atoms with van der Waals surface area (Å²) in [5.41, 5.74) is 4.80. The van der Waals surface area contributed by atoms with E-state index >= 15 is 0 Å². The average molecular weight is 477 g/mol. The van der Waals surface area contributed by atoms with Crippen molar-refractivity contribution in [2.45, 2.75) is 96.8 Å². The van der Waals surface area contributed by atoms with E-state index in [1.807, 2.05) is 0 Å². The van der Waals surface area contributed by atoms with Gasteiger partial charge in [0.2, 0.25) is 5.91 Å². The molecular formula is C26H40N2O6. The summed E-state index contributed by atoms with van der Waals surface area (Å²) < 4.78 is 0. The Morgan fingerprint density at radius 1 is 0.794 bits per heavy atom. The second-order valence-corrected chi connectivity index (χ2v) is 8.57. The molecule has 0 unspecified atom stereocenters. The minimum absolute atomic E-state index is 0.000418. The molecule has 8 nitrogen and oxygen atoms in total. The minimum Gasteiger partial charge on any atom is -0.504 e. The van der Waals surface area contributed by atoms with E-state index in [9.17, 15) is 29.7 Å². The molecule has 1 aromatic carbocycles. The molecule has 1 aromatic rings. The molecule has 0 atom stereocenters. The van der Waals surface area contributed by atoms with Crippen LogP contribution in [0.15, 0.2) is 24.3 Å². The van der Waals surface area contributed by atoms with Gasteiger partial charge in [0.1, 0.15) is 0 Å². The molecule has 5 N–H and O–H groups in total. The minimum atomic E-state index is -1.34. The number of phenols is 3. The lowest BCUT2D eigenvalue weighted by molar-refractivity contribution is -0.138. The number of aromatic hydroxyl groups is 3. The van der Waals surface area contributed by atoms with Crippen LogP contribution in [0, 0.1) is 0 Å². The molecule has 0 bridgehead atoms. The van der Waals surface area contributed by atoms with Crippen molar-refractivity contribution < 1.29 is 29.7 Å². The number of carbonyl (C=O) groups excluding carboxylic acids is 3. The fourth-order valence-corrected chi connectivity index (χ4v) is 3.66. The van der Waals surface area contributed by atoms with Crippen LogP contribution in [0.1, 0.15) is 96.8 Å². The molecule has 3 amide bonds. The van der Waals surface area contributed by atoms with Gasteiger partial charge in [0.15, 0.2) is 17.2 Å². The summed E-state index contributed by atoms with van der Waals surface area (Å²) in [7, 11) is 0. The van der Waals surface area contributed by atoms with Crippen LogP contribution in [0.5, 0.6) is 17.2 Å². The smallest absolute Gasteiger partial charge is 0.322 e. The zero-order valence-corrected chi connectivity index (χ0v) is 20.3. The molecule has 0 heterocycles. The predicted molar refractivity (Wildman–Crippen MR) is 133 cm³/mol. The Hall–Kier alpha value is -3.03. The first kappa shape index (κ1) is 29.0. The standard InChI is InChI=1S/C26H40N2O6/c1-2-3-4-5-6-7-8-9-10-11-12-13-14-15-16-17-23(31)28(26(34)25(27)33)20-18-21(29)24(32)22(30)19-20/h9-10,18-19,29-30,32H,2-8,11-17H2,1H3,(H2,27,33). The van der Waals surface area contributed by atoms with Crippen molar-refractivity contribution >= 4 is 23.4 Å². The monoisotopic (exact) mass is 476 g/mol. The molecular weight excluding hydrogens is 436 g/mol. The van der Waals surface area contributed by atoms with Gasteiger partial charge in [0, 0.05) is 18.6 Å². The lowest BCUT2D eigenvalue weighted by atomic mass is 10.1. The van der Waals surface area contributed by atoms with E-state index in [-0.39, 0.29) is 12.1 Å². The quantitative estimate of drug-likeness (QED) is 0.112. The van der Waals surface area contributed by atoms with Gasteiger partial charge in [0.05, 0.1) is 5.69 Å². The summed E-state index contributed by atoms with van der Waals surface area (Å²) >= 11 is 0. The van der Waals surface area contributed by atoms with Gasteiger partial charge in [-0.15, -0.1) is 0 Å². The van der Waals surface area contributed by atoms with Crippen LogP contribution < -0.4 is 10.6 Å². The molecule has 190 valence electrons. The number of hydrogen-bond donors (Lipinski definition) is 4. The van der Waals surface area contributed by atoms with E-state index < -0.39 is 35.0 Å². The summed E-state index contributed by atoms with van der Waals surface area (Å²) in [4.78, 5) is 36.6. The number of rotatable bonds is 16. The van der Waals surface area contributed by atoms with Crippen molar-refractivity contribution in [1.82, 2.24) is 0 Å². The molecule has 0 spiro atoms. The molecule has 0 aromatic heterocycles. The van der Waals surface area contributed by atoms with Crippen LogP contribution in [0.3, 0.4) is 0 Å². The van der Waals surface area contributed by atoms with Gasteiger partial charge >= 0.3 is 11.8 Å². The van der Waals surface area contributed by atoms with E-state index in [4.69, 9.17) is 5.73 Å². The van der Waals surface area contributed by atoms with Crippen LogP contribution >= 0.6 is 0 Å². The third-order valence-corrected chi connectivity index (χ3v) is 5.63. The van der Waals surface area contributed by atoms with Crippen molar-refractivity contribution in [3.63, 3.8) is 0 Å². The Balaban J connectivity index is 2.32. The highest BCUT2D eigenvalue weighted by Gasteiger charge is 2.28. The Labute approximate surface area is 202 Å². The van der Waals surface area contributed by atoms with Gasteiger partial charge in [-0.1, -0.05) is 70.4 Å². The van der Waals surface area contributed by atoms with Gasteiger partial charge < -0.3 is 21.1 Å². The first-order chi connectivity index (χ1) is 16.3. The maximum atomic E-state index is 12.6. The van der Waals surface area contributed by atoms with Crippen LogP contribution in [-0.4, -0.2) is 33.0 Å². The molecule has 0 aliphatic heterocycles. The number of imide groups is 1. The van der Waals surface area contributed by atoms with Gasteiger partial charge in [-0.25, -0.2) is 4.90 Å². The summed E-state index contributed by atoms with van der Waals surface area (Å²) in [6, 6.07) is 1.82. The highest BCUT2D eigenvalue weighted by Crippen LogP contribution is 2.38. The SMILES string of the molecule is CCCCCCCCC=CCCCCCCCC(=O)N(C(=O)C(N)=O)c1cc(O)c(O)c(O)c1. The Bertz CT molecular complexity index is 799. The molecule has 0 saturated heterocycles. The van der Waals surface area contributed by atoms with Crippen molar-refractivity contribution in [2.75, 3.05) is 4.90 Å². The lowest BCUT2D eigenvalue weighted by Gasteiger charge is -2.20. The second-order valence-electron chi connectivity index (χ2n) is 8.57. The average Bonchev–Trinajstić information content (AvgIpc) is 2.80. The van der Waals surface area contributed by atoms with E-state index in [2.05, 4.69) is 19.1 Å². The largest absolute Gasteiger partial charge is 0.504 e. The molecule has 8 heteroatoms. The fourth-order valence-electron chi connectivity index (χ4n) is 3.66. The molecule has 1 rings (SSSR count). The van der Waals surface area contributed by atoms with E-state index in [0.29, 0.717) is 11.3 Å². The molecule has 0 radical (unpaired) electrons. The van der Waals surface area contributed by atoms with Gasteiger partial charge in [-0.3, -0.25) is 14.4 Å². The number of benzene rings is 1. The number of hydrogen-bond acceptors (Lipinski definition) is 6. The normalized spacial score (nSPS) is 11.1. The first-order valence-electron chi connectivity index (χ1n) is 12.4. The zero-order valence-electron chi connectivity index (χ0n) is 20.3. The Kier molecular flexibility index (Phi) is 14.1. The number of primary amides is 1. The molecule has 34 heavy (non-hydrogen) atoms. The number of phenolic OH excluding ortho intramolecular Hbond substituents is 3. The number of nitrogens with zero attached hydrogens (tertiary/aromatic N) is 1. The summed E-state index contributed by atoms with van der Waals surface area (Å²) in [6.07, 6.45) is 18.9. The van der Waals surface area contributed by atoms with Crippen LogP contribution in [0.25, 0.3) is 0 Å². The van der Waals surface area contributed by atoms with Crippen LogP contribution in [0.4, 0.5) is 5.69 Å². The molecule has 0 saturated carbocycles. The maximum absolute atomic E-state index is 12.6. The maximum Gasteiger partial charge on any atom is 0.322 e. The first-order valence-corrected chi connectivity index (χ1v) is 12.4. The Morgan fingerprint density at radius 3 is 1.76 bits per heavy atom. The highest BCUT2D eigenvalue weighted by atomic mass is 16.3.